The number of hydrogen-bond acceptors (Lipinski definition) is 3. The second-order valence-corrected chi connectivity index (χ2v) is 4.54. The maximum atomic E-state index is 11.8. The SMILES string of the molecule is CCCNC(=O)[C@H]1CC(=O)N([C@H](C)COC)C1. The Bertz CT molecular complexity index is 279. The third-order valence-electron chi connectivity index (χ3n) is 3.02. The van der Waals surface area contributed by atoms with Gasteiger partial charge in [0.2, 0.25) is 11.8 Å². The molecule has 0 aromatic heterocycles. The molecule has 1 rings (SSSR count). The first-order valence-corrected chi connectivity index (χ1v) is 6.16. The van der Waals surface area contributed by atoms with Crippen LogP contribution < -0.4 is 5.32 Å². The zero-order valence-electron chi connectivity index (χ0n) is 10.9. The second-order valence-electron chi connectivity index (χ2n) is 4.54. The lowest BCUT2D eigenvalue weighted by Crippen LogP contribution is -2.39. The van der Waals surface area contributed by atoms with Gasteiger partial charge in [0.1, 0.15) is 0 Å². The first-order chi connectivity index (χ1) is 8.10. The third-order valence-corrected chi connectivity index (χ3v) is 3.02. The van der Waals surface area contributed by atoms with Crippen LogP contribution in [0.5, 0.6) is 0 Å². The normalized spacial score (nSPS) is 21.7. The van der Waals surface area contributed by atoms with E-state index >= 15 is 0 Å². The van der Waals surface area contributed by atoms with Crippen molar-refractivity contribution in [2.45, 2.75) is 32.7 Å². The summed E-state index contributed by atoms with van der Waals surface area (Å²) in [7, 11) is 1.61. The van der Waals surface area contributed by atoms with Gasteiger partial charge >= 0.3 is 0 Å². The van der Waals surface area contributed by atoms with Crippen LogP contribution >= 0.6 is 0 Å². The Balaban J connectivity index is 2.48. The molecule has 0 aliphatic carbocycles. The Kier molecular flexibility index (Phi) is 5.41. The van der Waals surface area contributed by atoms with Crippen molar-refractivity contribution in [2.24, 2.45) is 5.92 Å². The van der Waals surface area contributed by atoms with Crippen molar-refractivity contribution in [2.75, 3.05) is 26.8 Å². The van der Waals surface area contributed by atoms with Gasteiger partial charge in [0, 0.05) is 26.6 Å². The molecular formula is C12H22N2O3. The fourth-order valence-corrected chi connectivity index (χ4v) is 2.06. The van der Waals surface area contributed by atoms with Crippen LogP contribution in [0.1, 0.15) is 26.7 Å². The van der Waals surface area contributed by atoms with Crippen molar-refractivity contribution >= 4 is 11.8 Å². The van der Waals surface area contributed by atoms with E-state index in [1.54, 1.807) is 12.0 Å². The number of rotatable bonds is 6. The Labute approximate surface area is 102 Å². The molecule has 17 heavy (non-hydrogen) atoms. The van der Waals surface area contributed by atoms with Gasteiger partial charge in [-0.25, -0.2) is 0 Å². The number of carbonyl (C=O) groups excluding carboxylic acids is 2. The molecule has 0 bridgehead atoms. The minimum Gasteiger partial charge on any atom is -0.383 e. The van der Waals surface area contributed by atoms with Crippen molar-refractivity contribution in [1.82, 2.24) is 10.2 Å². The highest BCUT2D eigenvalue weighted by atomic mass is 16.5. The number of nitrogens with one attached hydrogen (secondary N) is 1. The van der Waals surface area contributed by atoms with E-state index < -0.39 is 0 Å². The Morgan fingerprint density at radius 2 is 2.35 bits per heavy atom. The van der Waals surface area contributed by atoms with Gasteiger partial charge in [0.05, 0.1) is 18.6 Å². The van der Waals surface area contributed by atoms with E-state index in [2.05, 4.69) is 5.32 Å². The van der Waals surface area contributed by atoms with E-state index in [1.165, 1.54) is 0 Å². The van der Waals surface area contributed by atoms with Crippen LogP contribution in [0.15, 0.2) is 0 Å². The molecule has 0 saturated carbocycles. The first kappa shape index (κ1) is 14.0. The molecule has 1 saturated heterocycles. The quantitative estimate of drug-likeness (QED) is 0.733. The minimum atomic E-state index is -0.201. The number of likely N-dealkylation sites (tertiary alicyclic amines) is 1. The highest BCUT2D eigenvalue weighted by Crippen LogP contribution is 2.20. The summed E-state index contributed by atoms with van der Waals surface area (Å²) in [5.74, 6) is -0.160. The molecule has 1 fully saturated rings. The van der Waals surface area contributed by atoms with Gasteiger partial charge in [-0.3, -0.25) is 9.59 Å². The molecule has 2 amide bonds. The molecule has 5 nitrogen and oxygen atoms in total. The van der Waals surface area contributed by atoms with Gasteiger partial charge < -0.3 is 15.0 Å². The van der Waals surface area contributed by atoms with Crippen LogP contribution in [-0.2, 0) is 14.3 Å². The molecule has 0 unspecified atom stereocenters. The first-order valence-electron chi connectivity index (χ1n) is 6.16. The standard InChI is InChI=1S/C12H22N2O3/c1-4-5-13-12(16)10-6-11(15)14(7-10)9(2)8-17-3/h9-10H,4-8H2,1-3H3,(H,13,16)/t9-,10+/m1/s1. The Morgan fingerprint density at radius 1 is 1.65 bits per heavy atom. The monoisotopic (exact) mass is 242 g/mol. The molecule has 0 aromatic rings. The van der Waals surface area contributed by atoms with Gasteiger partial charge in [-0.15, -0.1) is 0 Å². The van der Waals surface area contributed by atoms with Crippen molar-refractivity contribution in [3.8, 4) is 0 Å². The zero-order valence-corrected chi connectivity index (χ0v) is 10.9. The Hall–Kier alpha value is -1.10. The molecular weight excluding hydrogens is 220 g/mol. The maximum Gasteiger partial charge on any atom is 0.225 e. The maximum absolute atomic E-state index is 11.8. The summed E-state index contributed by atoms with van der Waals surface area (Å²) in [5, 5.41) is 2.84. The molecule has 2 atom stereocenters. The molecule has 1 heterocycles. The van der Waals surface area contributed by atoms with Crippen LogP contribution in [-0.4, -0.2) is 49.6 Å². The van der Waals surface area contributed by atoms with Gasteiger partial charge in [0.25, 0.3) is 0 Å². The van der Waals surface area contributed by atoms with Crippen LogP contribution in [0.25, 0.3) is 0 Å². The number of hydrogen-bond donors (Lipinski definition) is 1. The fourth-order valence-electron chi connectivity index (χ4n) is 2.06. The topological polar surface area (TPSA) is 58.6 Å². The molecule has 1 N–H and O–H groups in total. The number of amides is 2. The van der Waals surface area contributed by atoms with Crippen LogP contribution in [0.4, 0.5) is 0 Å². The largest absolute Gasteiger partial charge is 0.383 e. The van der Waals surface area contributed by atoms with Gasteiger partial charge in [-0.05, 0) is 13.3 Å². The molecule has 0 spiro atoms. The summed E-state index contributed by atoms with van der Waals surface area (Å²) in [5.41, 5.74) is 0. The Morgan fingerprint density at radius 3 is 2.94 bits per heavy atom. The zero-order chi connectivity index (χ0) is 12.8. The lowest BCUT2D eigenvalue weighted by atomic mass is 10.1. The van der Waals surface area contributed by atoms with Crippen molar-refractivity contribution < 1.29 is 14.3 Å². The van der Waals surface area contributed by atoms with Crippen molar-refractivity contribution in [3.05, 3.63) is 0 Å². The highest BCUT2D eigenvalue weighted by molar-refractivity contribution is 5.89. The molecule has 1 aliphatic rings. The van der Waals surface area contributed by atoms with Crippen molar-refractivity contribution in [1.29, 1.82) is 0 Å². The lowest BCUT2D eigenvalue weighted by Gasteiger charge is -2.23. The molecule has 98 valence electrons. The molecule has 0 radical (unpaired) electrons. The smallest absolute Gasteiger partial charge is 0.225 e. The predicted molar refractivity (Wildman–Crippen MR) is 64.5 cm³/mol. The number of carbonyl (C=O) groups is 2. The van der Waals surface area contributed by atoms with Gasteiger partial charge in [-0.2, -0.15) is 0 Å². The summed E-state index contributed by atoms with van der Waals surface area (Å²) in [4.78, 5) is 25.3. The van der Waals surface area contributed by atoms with E-state index in [-0.39, 0.29) is 23.8 Å². The predicted octanol–water partition coefficient (Wildman–Crippen LogP) is 0.396. The molecule has 1 aliphatic heterocycles. The molecule has 5 heteroatoms. The lowest BCUT2D eigenvalue weighted by molar-refractivity contribution is -0.130. The van der Waals surface area contributed by atoms with Crippen molar-refractivity contribution in [3.63, 3.8) is 0 Å². The third kappa shape index (κ3) is 3.70. The number of methoxy groups -OCH3 is 1. The summed E-state index contributed by atoms with van der Waals surface area (Å²) >= 11 is 0. The van der Waals surface area contributed by atoms with Gasteiger partial charge in [0.15, 0.2) is 0 Å². The van der Waals surface area contributed by atoms with Crippen LogP contribution in [0.2, 0.25) is 0 Å². The summed E-state index contributed by atoms with van der Waals surface area (Å²) in [6, 6.07) is 0.0384. The summed E-state index contributed by atoms with van der Waals surface area (Å²) < 4.78 is 5.03. The second kappa shape index (κ2) is 6.59. The van der Waals surface area contributed by atoms with Gasteiger partial charge in [-0.1, -0.05) is 6.92 Å². The van der Waals surface area contributed by atoms with Crippen LogP contribution in [0.3, 0.4) is 0 Å². The average molecular weight is 242 g/mol. The number of nitrogens with zero attached hydrogens (tertiary/aromatic N) is 1. The van der Waals surface area contributed by atoms with E-state index in [1.807, 2.05) is 13.8 Å². The fraction of sp³-hybridized carbons (Fsp3) is 0.833. The average Bonchev–Trinajstić information content (AvgIpc) is 2.68. The van der Waals surface area contributed by atoms with E-state index in [9.17, 15) is 9.59 Å². The van der Waals surface area contributed by atoms with E-state index in [4.69, 9.17) is 4.74 Å². The summed E-state index contributed by atoms with van der Waals surface area (Å²) in [6.45, 7) is 5.64. The minimum absolute atomic E-state index is 0.00711. The highest BCUT2D eigenvalue weighted by Gasteiger charge is 2.36. The van der Waals surface area contributed by atoms with Crippen LogP contribution in [0, 0.1) is 5.92 Å². The molecule has 0 aromatic carbocycles. The summed E-state index contributed by atoms with van der Waals surface area (Å²) in [6.07, 6.45) is 1.24. The van der Waals surface area contributed by atoms with E-state index in [0.29, 0.717) is 26.1 Å². The van der Waals surface area contributed by atoms with E-state index in [0.717, 1.165) is 6.42 Å². The number of ether oxygens (including phenoxy) is 1.